The molecule has 0 amide bonds. The molecule has 0 radical (unpaired) electrons. The van der Waals surface area contributed by atoms with Crippen LogP contribution in [0.4, 0.5) is 0 Å². The van der Waals surface area contributed by atoms with E-state index in [9.17, 15) is 9.59 Å². The molecule has 3 nitrogen and oxygen atoms in total. The van der Waals surface area contributed by atoms with E-state index >= 15 is 0 Å². The van der Waals surface area contributed by atoms with Gasteiger partial charge in [0.15, 0.2) is 0 Å². The Bertz CT molecular complexity index is 403. The molecule has 0 aromatic heterocycles. The van der Waals surface area contributed by atoms with Gasteiger partial charge in [-0.1, -0.05) is 48.6 Å². The first-order chi connectivity index (χ1) is 11.3. The van der Waals surface area contributed by atoms with Crippen molar-refractivity contribution in [2.24, 2.45) is 0 Å². The SMILES string of the molecule is O=CCCCCC=CCCC=CC=CCC=CCCCC(=O)O. The Morgan fingerprint density at radius 3 is 2.09 bits per heavy atom. The molecule has 0 atom stereocenters. The number of unbranched alkanes of at least 4 members (excludes halogenated alkanes) is 5. The number of aliphatic carboxylic acids is 1. The average Bonchev–Trinajstić information content (AvgIpc) is 2.53. The summed E-state index contributed by atoms with van der Waals surface area (Å²) >= 11 is 0. The second-order valence-corrected chi connectivity index (χ2v) is 5.35. The Kier molecular flexibility index (Phi) is 16.7. The first-order valence-corrected chi connectivity index (χ1v) is 8.54. The first kappa shape index (κ1) is 21.1. The van der Waals surface area contributed by atoms with Crippen molar-refractivity contribution in [2.75, 3.05) is 0 Å². The van der Waals surface area contributed by atoms with Gasteiger partial charge in [0, 0.05) is 12.8 Å². The summed E-state index contributed by atoms with van der Waals surface area (Å²) in [4.78, 5) is 20.4. The quantitative estimate of drug-likeness (QED) is 0.190. The standard InChI is InChI=1S/C20H30O3/c21-19-17-15-13-11-9-7-5-3-1-2-4-6-8-10-12-14-16-18-20(22)23/h1-2,4,6-7,9-10,12,19H,3,5,8,11,13-18H2,(H,22,23). The summed E-state index contributed by atoms with van der Waals surface area (Å²) in [5.41, 5.74) is 0. The van der Waals surface area contributed by atoms with Crippen molar-refractivity contribution in [2.45, 2.75) is 64.2 Å². The summed E-state index contributed by atoms with van der Waals surface area (Å²) in [6, 6.07) is 0. The number of carboxylic acids is 1. The summed E-state index contributed by atoms with van der Waals surface area (Å²) in [6.07, 6.45) is 26.5. The fourth-order valence-electron chi connectivity index (χ4n) is 1.91. The zero-order valence-electron chi connectivity index (χ0n) is 14.0. The lowest BCUT2D eigenvalue weighted by Crippen LogP contribution is -1.92. The van der Waals surface area contributed by atoms with Crippen molar-refractivity contribution in [3.05, 3.63) is 48.6 Å². The van der Waals surface area contributed by atoms with Crippen LogP contribution < -0.4 is 0 Å². The van der Waals surface area contributed by atoms with Gasteiger partial charge in [-0.15, -0.1) is 0 Å². The summed E-state index contributed by atoms with van der Waals surface area (Å²) < 4.78 is 0. The number of rotatable bonds is 15. The molecule has 0 aromatic carbocycles. The Labute approximate surface area is 140 Å². The number of aldehydes is 1. The predicted octanol–water partition coefficient (Wildman–Crippen LogP) is 5.40. The fourth-order valence-corrected chi connectivity index (χ4v) is 1.91. The Hall–Kier alpha value is -1.90. The average molecular weight is 318 g/mol. The van der Waals surface area contributed by atoms with E-state index in [1.54, 1.807) is 0 Å². The van der Waals surface area contributed by atoms with E-state index in [2.05, 4.69) is 36.5 Å². The molecule has 0 unspecified atom stereocenters. The summed E-state index contributed by atoms with van der Waals surface area (Å²) in [5.74, 6) is -0.726. The van der Waals surface area contributed by atoms with E-state index in [1.165, 1.54) is 0 Å². The van der Waals surface area contributed by atoms with Gasteiger partial charge in [0.2, 0.25) is 0 Å². The van der Waals surface area contributed by atoms with Crippen LogP contribution in [0.25, 0.3) is 0 Å². The smallest absolute Gasteiger partial charge is 0.303 e. The van der Waals surface area contributed by atoms with Crippen molar-refractivity contribution < 1.29 is 14.7 Å². The highest BCUT2D eigenvalue weighted by Gasteiger charge is 1.92. The van der Waals surface area contributed by atoms with Gasteiger partial charge in [0.25, 0.3) is 0 Å². The van der Waals surface area contributed by atoms with Crippen molar-refractivity contribution in [3.63, 3.8) is 0 Å². The predicted molar refractivity (Wildman–Crippen MR) is 96.4 cm³/mol. The lowest BCUT2D eigenvalue weighted by atomic mass is 10.2. The Morgan fingerprint density at radius 2 is 1.30 bits per heavy atom. The van der Waals surface area contributed by atoms with Crippen LogP contribution >= 0.6 is 0 Å². The van der Waals surface area contributed by atoms with Crippen LogP contribution in [-0.2, 0) is 9.59 Å². The molecule has 0 aliphatic rings. The van der Waals surface area contributed by atoms with Gasteiger partial charge in [-0.25, -0.2) is 0 Å². The molecule has 0 fully saturated rings. The number of allylic oxidation sites excluding steroid dienone is 8. The van der Waals surface area contributed by atoms with Crippen LogP contribution in [-0.4, -0.2) is 17.4 Å². The van der Waals surface area contributed by atoms with Gasteiger partial charge in [-0.3, -0.25) is 4.79 Å². The zero-order valence-corrected chi connectivity index (χ0v) is 14.0. The highest BCUT2D eigenvalue weighted by molar-refractivity contribution is 5.66. The van der Waals surface area contributed by atoms with E-state index < -0.39 is 5.97 Å². The highest BCUT2D eigenvalue weighted by Crippen LogP contribution is 2.01. The van der Waals surface area contributed by atoms with Gasteiger partial charge in [-0.2, -0.15) is 0 Å². The maximum atomic E-state index is 10.3. The van der Waals surface area contributed by atoms with Gasteiger partial charge in [-0.05, 0) is 51.4 Å². The minimum absolute atomic E-state index is 0.246. The van der Waals surface area contributed by atoms with Crippen LogP contribution in [0.1, 0.15) is 64.2 Å². The minimum atomic E-state index is -0.726. The van der Waals surface area contributed by atoms with E-state index in [4.69, 9.17) is 5.11 Å². The van der Waals surface area contributed by atoms with Gasteiger partial charge in [0.05, 0.1) is 0 Å². The second-order valence-electron chi connectivity index (χ2n) is 5.35. The second kappa shape index (κ2) is 18.1. The minimum Gasteiger partial charge on any atom is -0.481 e. The molecular weight excluding hydrogens is 288 g/mol. The van der Waals surface area contributed by atoms with Crippen LogP contribution in [0, 0.1) is 0 Å². The Balaban J connectivity index is 3.41. The molecule has 128 valence electrons. The first-order valence-electron chi connectivity index (χ1n) is 8.54. The molecule has 0 aromatic rings. The zero-order chi connectivity index (χ0) is 17.0. The lowest BCUT2D eigenvalue weighted by molar-refractivity contribution is -0.137. The number of hydrogen-bond acceptors (Lipinski definition) is 2. The number of carboxylic acid groups (broad SMARTS) is 1. The maximum Gasteiger partial charge on any atom is 0.303 e. The largest absolute Gasteiger partial charge is 0.481 e. The van der Waals surface area contributed by atoms with Crippen LogP contribution in [0.5, 0.6) is 0 Å². The molecule has 1 N–H and O–H groups in total. The van der Waals surface area contributed by atoms with Gasteiger partial charge in [0.1, 0.15) is 6.29 Å². The van der Waals surface area contributed by atoms with Crippen molar-refractivity contribution in [1.29, 1.82) is 0 Å². The van der Waals surface area contributed by atoms with Crippen LogP contribution in [0.3, 0.4) is 0 Å². The molecule has 0 bridgehead atoms. The third kappa shape index (κ3) is 20.1. The van der Waals surface area contributed by atoms with E-state index in [0.717, 1.165) is 51.2 Å². The van der Waals surface area contributed by atoms with Crippen LogP contribution in [0.15, 0.2) is 48.6 Å². The van der Waals surface area contributed by atoms with Crippen molar-refractivity contribution in [3.8, 4) is 0 Å². The number of hydrogen-bond donors (Lipinski definition) is 1. The van der Waals surface area contributed by atoms with E-state index in [0.29, 0.717) is 12.8 Å². The number of carbonyl (C=O) groups excluding carboxylic acids is 1. The van der Waals surface area contributed by atoms with Gasteiger partial charge < -0.3 is 9.90 Å². The van der Waals surface area contributed by atoms with Crippen LogP contribution in [0.2, 0.25) is 0 Å². The topological polar surface area (TPSA) is 54.4 Å². The van der Waals surface area contributed by atoms with E-state index in [1.807, 2.05) is 12.2 Å². The molecule has 0 saturated carbocycles. The molecule has 23 heavy (non-hydrogen) atoms. The van der Waals surface area contributed by atoms with E-state index in [-0.39, 0.29) is 6.42 Å². The van der Waals surface area contributed by atoms with Crippen molar-refractivity contribution >= 4 is 12.3 Å². The number of carbonyl (C=O) groups is 2. The molecule has 0 aliphatic heterocycles. The molecule has 3 heteroatoms. The molecular formula is C20H30O3. The maximum absolute atomic E-state index is 10.3. The molecule has 0 aliphatic carbocycles. The monoisotopic (exact) mass is 318 g/mol. The van der Waals surface area contributed by atoms with Crippen molar-refractivity contribution in [1.82, 2.24) is 0 Å². The highest BCUT2D eigenvalue weighted by atomic mass is 16.4. The summed E-state index contributed by atoms with van der Waals surface area (Å²) in [7, 11) is 0. The summed E-state index contributed by atoms with van der Waals surface area (Å²) in [5, 5.41) is 8.49. The lowest BCUT2D eigenvalue weighted by Gasteiger charge is -1.91. The van der Waals surface area contributed by atoms with Gasteiger partial charge >= 0.3 is 5.97 Å². The fraction of sp³-hybridized carbons (Fsp3) is 0.500. The molecule has 0 rings (SSSR count). The Morgan fingerprint density at radius 1 is 0.696 bits per heavy atom. The third-order valence-corrected chi connectivity index (χ3v) is 3.19. The molecule has 0 saturated heterocycles. The normalized spacial score (nSPS) is 12.2. The molecule has 0 spiro atoms. The third-order valence-electron chi connectivity index (χ3n) is 3.19. The summed E-state index contributed by atoms with van der Waals surface area (Å²) in [6.45, 7) is 0. The molecule has 0 heterocycles.